The van der Waals surface area contributed by atoms with Crippen molar-refractivity contribution in [3.63, 3.8) is 0 Å². The van der Waals surface area contributed by atoms with Gasteiger partial charge in [0.2, 0.25) is 5.91 Å². The number of carbonyl (C=O) groups is 1. The molecule has 1 aromatic carbocycles. The maximum absolute atomic E-state index is 12.7. The average Bonchev–Trinajstić information content (AvgIpc) is 2.78. The Labute approximate surface area is 127 Å². The Morgan fingerprint density at radius 2 is 1.71 bits per heavy atom. The standard InChI is InChI=1S/C18H26N2O/c1-12-4-6-13(7-5-12)18(2,3)17(21)20-16-10-14-8-9-15(11-16)19-14/h4-7,14-16,19H,8-11H2,1-3H3,(H,20,21). The van der Waals surface area contributed by atoms with E-state index in [-0.39, 0.29) is 5.91 Å². The van der Waals surface area contributed by atoms with Gasteiger partial charge in [-0.1, -0.05) is 29.8 Å². The largest absolute Gasteiger partial charge is 0.352 e. The number of carbonyl (C=O) groups excluding carboxylic acids is 1. The Hall–Kier alpha value is -1.35. The highest BCUT2D eigenvalue weighted by Crippen LogP contribution is 2.29. The van der Waals surface area contributed by atoms with Crippen LogP contribution in [0.3, 0.4) is 0 Å². The maximum atomic E-state index is 12.7. The molecule has 1 aromatic rings. The van der Waals surface area contributed by atoms with Crippen molar-refractivity contribution in [1.29, 1.82) is 0 Å². The SMILES string of the molecule is Cc1ccc(C(C)(C)C(=O)NC2CC3CCC(C2)N3)cc1. The number of nitrogens with one attached hydrogen (secondary N) is 2. The first-order chi connectivity index (χ1) is 9.95. The fourth-order valence-corrected chi connectivity index (χ4v) is 3.64. The molecule has 1 amide bonds. The molecule has 2 bridgehead atoms. The highest BCUT2D eigenvalue weighted by atomic mass is 16.2. The van der Waals surface area contributed by atoms with Gasteiger partial charge in [-0.05, 0) is 52.0 Å². The summed E-state index contributed by atoms with van der Waals surface area (Å²) in [5.74, 6) is 0.151. The van der Waals surface area contributed by atoms with E-state index in [4.69, 9.17) is 0 Å². The molecule has 0 saturated carbocycles. The summed E-state index contributed by atoms with van der Waals surface area (Å²) >= 11 is 0. The molecule has 0 aliphatic carbocycles. The molecule has 114 valence electrons. The van der Waals surface area contributed by atoms with Gasteiger partial charge < -0.3 is 10.6 Å². The van der Waals surface area contributed by atoms with Gasteiger partial charge in [-0.15, -0.1) is 0 Å². The van der Waals surface area contributed by atoms with Gasteiger partial charge in [-0.3, -0.25) is 4.79 Å². The van der Waals surface area contributed by atoms with E-state index in [0.717, 1.165) is 18.4 Å². The van der Waals surface area contributed by atoms with Crippen LogP contribution in [0.5, 0.6) is 0 Å². The van der Waals surface area contributed by atoms with Gasteiger partial charge in [0.15, 0.2) is 0 Å². The molecule has 2 heterocycles. The summed E-state index contributed by atoms with van der Waals surface area (Å²) in [6.45, 7) is 6.10. The van der Waals surface area contributed by atoms with Crippen LogP contribution in [0, 0.1) is 6.92 Å². The third-order valence-corrected chi connectivity index (χ3v) is 5.15. The van der Waals surface area contributed by atoms with Crippen molar-refractivity contribution in [3.05, 3.63) is 35.4 Å². The smallest absolute Gasteiger partial charge is 0.230 e. The zero-order valence-electron chi connectivity index (χ0n) is 13.3. The molecular formula is C18H26N2O. The Kier molecular flexibility index (Phi) is 3.78. The lowest BCUT2D eigenvalue weighted by molar-refractivity contribution is -0.126. The van der Waals surface area contributed by atoms with Gasteiger partial charge in [0.25, 0.3) is 0 Å². The molecule has 0 spiro atoms. The zero-order valence-corrected chi connectivity index (χ0v) is 13.3. The van der Waals surface area contributed by atoms with Gasteiger partial charge in [-0.2, -0.15) is 0 Å². The molecular weight excluding hydrogens is 260 g/mol. The highest BCUT2D eigenvalue weighted by molar-refractivity contribution is 5.87. The lowest BCUT2D eigenvalue weighted by Crippen LogP contribution is -2.51. The summed E-state index contributed by atoms with van der Waals surface area (Å²) in [4.78, 5) is 12.7. The quantitative estimate of drug-likeness (QED) is 0.897. The molecule has 21 heavy (non-hydrogen) atoms. The van der Waals surface area contributed by atoms with Crippen LogP contribution >= 0.6 is 0 Å². The zero-order chi connectivity index (χ0) is 15.0. The number of hydrogen-bond acceptors (Lipinski definition) is 2. The molecule has 2 aliphatic rings. The van der Waals surface area contributed by atoms with Crippen molar-refractivity contribution in [1.82, 2.24) is 10.6 Å². The molecule has 2 atom stereocenters. The van der Waals surface area contributed by atoms with E-state index in [1.54, 1.807) is 0 Å². The molecule has 0 aromatic heterocycles. The lowest BCUT2D eigenvalue weighted by Gasteiger charge is -2.33. The Morgan fingerprint density at radius 1 is 1.14 bits per heavy atom. The van der Waals surface area contributed by atoms with Crippen LogP contribution in [0.4, 0.5) is 0 Å². The molecule has 2 saturated heterocycles. The summed E-state index contributed by atoms with van der Waals surface area (Å²) in [7, 11) is 0. The van der Waals surface area contributed by atoms with E-state index in [1.165, 1.54) is 18.4 Å². The number of benzene rings is 1. The first-order valence-electron chi connectivity index (χ1n) is 8.09. The molecule has 3 nitrogen and oxygen atoms in total. The van der Waals surface area contributed by atoms with Crippen molar-refractivity contribution in [2.24, 2.45) is 0 Å². The van der Waals surface area contributed by atoms with Crippen LogP contribution in [-0.4, -0.2) is 24.0 Å². The van der Waals surface area contributed by atoms with Gasteiger partial charge >= 0.3 is 0 Å². The molecule has 2 unspecified atom stereocenters. The van der Waals surface area contributed by atoms with Crippen molar-refractivity contribution < 1.29 is 4.79 Å². The second-order valence-corrected chi connectivity index (χ2v) is 7.27. The van der Waals surface area contributed by atoms with Crippen molar-refractivity contribution in [3.8, 4) is 0 Å². The van der Waals surface area contributed by atoms with Gasteiger partial charge in [0.1, 0.15) is 0 Å². The topological polar surface area (TPSA) is 41.1 Å². The second kappa shape index (κ2) is 5.45. The highest BCUT2D eigenvalue weighted by Gasteiger charge is 2.37. The second-order valence-electron chi connectivity index (χ2n) is 7.27. The van der Waals surface area contributed by atoms with Gasteiger partial charge in [0.05, 0.1) is 5.41 Å². The monoisotopic (exact) mass is 286 g/mol. The summed E-state index contributed by atoms with van der Waals surface area (Å²) < 4.78 is 0. The van der Waals surface area contributed by atoms with Gasteiger partial charge in [0, 0.05) is 18.1 Å². The van der Waals surface area contributed by atoms with Crippen LogP contribution < -0.4 is 10.6 Å². The van der Waals surface area contributed by atoms with Crippen LogP contribution in [-0.2, 0) is 10.2 Å². The summed E-state index contributed by atoms with van der Waals surface area (Å²) in [6.07, 6.45) is 4.68. The van der Waals surface area contributed by atoms with E-state index < -0.39 is 5.41 Å². The third kappa shape index (κ3) is 2.98. The van der Waals surface area contributed by atoms with E-state index in [1.807, 2.05) is 13.8 Å². The minimum absolute atomic E-state index is 0.151. The van der Waals surface area contributed by atoms with E-state index in [0.29, 0.717) is 18.1 Å². The number of fused-ring (bicyclic) bond motifs is 2. The minimum Gasteiger partial charge on any atom is -0.352 e. The van der Waals surface area contributed by atoms with E-state index >= 15 is 0 Å². The fourth-order valence-electron chi connectivity index (χ4n) is 3.64. The third-order valence-electron chi connectivity index (χ3n) is 5.15. The Balaban J connectivity index is 1.67. The normalized spacial score (nSPS) is 28.4. The van der Waals surface area contributed by atoms with Crippen LogP contribution in [0.25, 0.3) is 0 Å². The predicted molar refractivity (Wildman–Crippen MR) is 85.3 cm³/mol. The lowest BCUT2D eigenvalue weighted by atomic mass is 9.82. The molecule has 0 radical (unpaired) electrons. The number of rotatable bonds is 3. The average molecular weight is 286 g/mol. The predicted octanol–water partition coefficient (Wildman–Crippen LogP) is 2.67. The number of aryl methyl sites for hydroxylation is 1. The minimum atomic E-state index is -0.475. The molecule has 3 heteroatoms. The number of amides is 1. The molecule has 2 fully saturated rings. The van der Waals surface area contributed by atoms with Crippen molar-refractivity contribution >= 4 is 5.91 Å². The van der Waals surface area contributed by atoms with Crippen LogP contribution in [0.15, 0.2) is 24.3 Å². The summed E-state index contributed by atoms with van der Waals surface area (Å²) in [5, 5.41) is 6.91. The maximum Gasteiger partial charge on any atom is 0.230 e. The first-order valence-corrected chi connectivity index (χ1v) is 8.09. The Morgan fingerprint density at radius 3 is 2.29 bits per heavy atom. The first kappa shape index (κ1) is 14.6. The molecule has 2 aliphatic heterocycles. The van der Waals surface area contributed by atoms with Crippen LogP contribution in [0.2, 0.25) is 0 Å². The van der Waals surface area contributed by atoms with Crippen molar-refractivity contribution in [2.45, 2.75) is 70.0 Å². The molecule has 2 N–H and O–H groups in total. The van der Waals surface area contributed by atoms with E-state index in [9.17, 15) is 4.79 Å². The fraction of sp³-hybridized carbons (Fsp3) is 0.611. The number of piperidine rings is 1. The molecule has 3 rings (SSSR count). The van der Waals surface area contributed by atoms with Crippen LogP contribution in [0.1, 0.15) is 50.7 Å². The number of hydrogen-bond donors (Lipinski definition) is 2. The van der Waals surface area contributed by atoms with E-state index in [2.05, 4.69) is 41.8 Å². The van der Waals surface area contributed by atoms with Gasteiger partial charge in [-0.25, -0.2) is 0 Å². The summed E-state index contributed by atoms with van der Waals surface area (Å²) in [6, 6.07) is 9.85. The summed E-state index contributed by atoms with van der Waals surface area (Å²) in [5.41, 5.74) is 1.84. The Bertz CT molecular complexity index is 509. The van der Waals surface area contributed by atoms with Crippen molar-refractivity contribution in [2.75, 3.05) is 0 Å².